The van der Waals surface area contributed by atoms with E-state index in [4.69, 9.17) is 4.74 Å². The third-order valence-electron chi connectivity index (χ3n) is 4.24. The zero-order chi connectivity index (χ0) is 12.5. The predicted molar refractivity (Wildman–Crippen MR) is 66.5 cm³/mol. The summed E-state index contributed by atoms with van der Waals surface area (Å²) in [6.45, 7) is 8.75. The van der Waals surface area contributed by atoms with Crippen LogP contribution in [0, 0.1) is 5.92 Å². The Kier molecular flexibility index (Phi) is 3.73. The van der Waals surface area contributed by atoms with Crippen LogP contribution in [-0.4, -0.2) is 42.3 Å². The molecule has 2 heterocycles. The molecule has 4 nitrogen and oxygen atoms in total. The van der Waals surface area contributed by atoms with Crippen molar-refractivity contribution in [3.63, 3.8) is 0 Å². The van der Waals surface area contributed by atoms with Crippen molar-refractivity contribution in [2.24, 2.45) is 5.92 Å². The van der Waals surface area contributed by atoms with Gasteiger partial charge in [0.25, 0.3) is 0 Å². The van der Waals surface area contributed by atoms with Crippen LogP contribution in [0.1, 0.15) is 40.0 Å². The molecule has 0 aromatic carbocycles. The molecule has 3 atom stereocenters. The number of carbonyl (C=O) groups excluding carboxylic acids is 1. The molecule has 17 heavy (non-hydrogen) atoms. The molecule has 0 aliphatic carbocycles. The van der Waals surface area contributed by atoms with Gasteiger partial charge in [0.1, 0.15) is 0 Å². The zero-order valence-corrected chi connectivity index (χ0v) is 11.2. The molecule has 3 unspecified atom stereocenters. The van der Waals surface area contributed by atoms with Crippen molar-refractivity contribution in [2.75, 3.05) is 19.8 Å². The molecule has 98 valence electrons. The van der Waals surface area contributed by atoms with Crippen LogP contribution in [0.4, 0.5) is 0 Å². The van der Waals surface area contributed by atoms with Gasteiger partial charge in [0.05, 0.1) is 11.7 Å². The van der Waals surface area contributed by atoms with Crippen LogP contribution in [0.15, 0.2) is 0 Å². The lowest BCUT2D eigenvalue weighted by molar-refractivity contribution is -0.133. The molecule has 2 fully saturated rings. The van der Waals surface area contributed by atoms with E-state index in [-0.39, 0.29) is 17.6 Å². The SMILES string of the molecule is CCC1(C)NC(C)N(CCC2CCOC2)C1=O. The maximum absolute atomic E-state index is 12.3. The molecule has 1 amide bonds. The van der Waals surface area contributed by atoms with Gasteiger partial charge in [-0.2, -0.15) is 0 Å². The van der Waals surface area contributed by atoms with Crippen molar-refractivity contribution in [3.05, 3.63) is 0 Å². The molecule has 0 spiro atoms. The zero-order valence-electron chi connectivity index (χ0n) is 11.2. The highest BCUT2D eigenvalue weighted by molar-refractivity contribution is 5.88. The Labute approximate surface area is 104 Å². The second-order valence-corrected chi connectivity index (χ2v) is 5.52. The van der Waals surface area contributed by atoms with Gasteiger partial charge in [0.2, 0.25) is 5.91 Å². The average Bonchev–Trinajstić information content (AvgIpc) is 2.87. The third-order valence-corrected chi connectivity index (χ3v) is 4.24. The Morgan fingerprint density at radius 2 is 2.35 bits per heavy atom. The van der Waals surface area contributed by atoms with Crippen LogP contribution in [0.3, 0.4) is 0 Å². The number of rotatable bonds is 4. The van der Waals surface area contributed by atoms with E-state index in [0.717, 1.165) is 39.0 Å². The largest absolute Gasteiger partial charge is 0.381 e. The fourth-order valence-electron chi connectivity index (χ4n) is 2.77. The number of nitrogens with zero attached hydrogens (tertiary/aromatic N) is 1. The topological polar surface area (TPSA) is 41.6 Å². The van der Waals surface area contributed by atoms with Crippen molar-refractivity contribution < 1.29 is 9.53 Å². The summed E-state index contributed by atoms with van der Waals surface area (Å²) < 4.78 is 5.37. The summed E-state index contributed by atoms with van der Waals surface area (Å²) in [6.07, 6.45) is 3.22. The van der Waals surface area contributed by atoms with Gasteiger partial charge < -0.3 is 9.64 Å². The average molecular weight is 240 g/mol. The number of nitrogens with one attached hydrogen (secondary N) is 1. The molecule has 0 saturated carbocycles. The maximum atomic E-state index is 12.3. The van der Waals surface area contributed by atoms with E-state index in [2.05, 4.69) is 19.2 Å². The molecule has 2 saturated heterocycles. The Morgan fingerprint density at radius 1 is 1.59 bits per heavy atom. The van der Waals surface area contributed by atoms with Crippen LogP contribution in [0.2, 0.25) is 0 Å². The third kappa shape index (κ3) is 2.47. The summed E-state index contributed by atoms with van der Waals surface area (Å²) in [5, 5.41) is 3.40. The normalized spacial score (nSPS) is 38.1. The highest BCUT2D eigenvalue weighted by Crippen LogP contribution is 2.25. The Bertz CT molecular complexity index is 289. The monoisotopic (exact) mass is 240 g/mol. The van der Waals surface area contributed by atoms with Gasteiger partial charge in [0, 0.05) is 19.8 Å². The van der Waals surface area contributed by atoms with E-state index in [0.29, 0.717) is 5.92 Å². The van der Waals surface area contributed by atoms with E-state index < -0.39 is 0 Å². The fraction of sp³-hybridized carbons (Fsp3) is 0.923. The molecule has 1 N–H and O–H groups in total. The number of hydrogen-bond donors (Lipinski definition) is 1. The van der Waals surface area contributed by atoms with Gasteiger partial charge in [-0.3, -0.25) is 10.1 Å². The second-order valence-electron chi connectivity index (χ2n) is 5.52. The fourth-order valence-corrected chi connectivity index (χ4v) is 2.77. The first-order valence-corrected chi connectivity index (χ1v) is 6.73. The minimum Gasteiger partial charge on any atom is -0.381 e. The van der Waals surface area contributed by atoms with E-state index in [1.807, 2.05) is 11.8 Å². The van der Waals surface area contributed by atoms with Gasteiger partial charge in [-0.05, 0) is 39.0 Å². The summed E-state index contributed by atoms with van der Waals surface area (Å²) in [5.74, 6) is 0.898. The van der Waals surface area contributed by atoms with Crippen molar-refractivity contribution in [1.82, 2.24) is 10.2 Å². The first-order valence-electron chi connectivity index (χ1n) is 6.73. The quantitative estimate of drug-likeness (QED) is 0.806. The van der Waals surface area contributed by atoms with Crippen molar-refractivity contribution in [2.45, 2.75) is 51.7 Å². The molecule has 0 bridgehead atoms. The van der Waals surface area contributed by atoms with Gasteiger partial charge in [-0.15, -0.1) is 0 Å². The van der Waals surface area contributed by atoms with Crippen molar-refractivity contribution >= 4 is 5.91 Å². The molecule has 2 rings (SSSR count). The van der Waals surface area contributed by atoms with Crippen molar-refractivity contribution in [3.8, 4) is 0 Å². The lowest BCUT2D eigenvalue weighted by Crippen LogP contribution is -2.43. The van der Waals surface area contributed by atoms with Crippen LogP contribution in [-0.2, 0) is 9.53 Å². The highest BCUT2D eigenvalue weighted by Gasteiger charge is 2.44. The molecular weight excluding hydrogens is 216 g/mol. The van der Waals surface area contributed by atoms with E-state index in [9.17, 15) is 4.79 Å². The van der Waals surface area contributed by atoms with Gasteiger partial charge in [-0.1, -0.05) is 6.92 Å². The molecule has 2 aliphatic heterocycles. The number of ether oxygens (including phenoxy) is 1. The minimum atomic E-state index is -0.356. The van der Waals surface area contributed by atoms with Crippen LogP contribution in [0.25, 0.3) is 0 Å². The van der Waals surface area contributed by atoms with E-state index in [1.54, 1.807) is 0 Å². The molecule has 4 heteroatoms. The Hall–Kier alpha value is -0.610. The molecule has 0 aromatic heterocycles. The molecular formula is C13H24N2O2. The minimum absolute atomic E-state index is 0.162. The summed E-state index contributed by atoms with van der Waals surface area (Å²) in [6, 6.07) is 0. The van der Waals surface area contributed by atoms with Crippen LogP contribution in [0.5, 0.6) is 0 Å². The molecule has 0 aromatic rings. The smallest absolute Gasteiger partial charge is 0.243 e. The first-order chi connectivity index (χ1) is 8.07. The van der Waals surface area contributed by atoms with Gasteiger partial charge >= 0.3 is 0 Å². The molecule has 2 aliphatic rings. The predicted octanol–water partition coefficient (Wildman–Crippen LogP) is 1.36. The Morgan fingerprint density at radius 3 is 2.88 bits per heavy atom. The highest BCUT2D eigenvalue weighted by atomic mass is 16.5. The number of carbonyl (C=O) groups is 1. The summed E-state index contributed by atoms with van der Waals surface area (Å²) in [7, 11) is 0. The van der Waals surface area contributed by atoms with Crippen LogP contribution >= 0.6 is 0 Å². The summed E-state index contributed by atoms with van der Waals surface area (Å²) in [4.78, 5) is 14.3. The summed E-state index contributed by atoms with van der Waals surface area (Å²) >= 11 is 0. The van der Waals surface area contributed by atoms with E-state index in [1.165, 1.54) is 0 Å². The number of hydrogen-bond acceptors (Lipinski definition) is 3. The van der Waals surface area contributed by atoms with Gasteiger partial charge in [-0.25, -0.2) is 0 Å². The van der Waals surface area contributed by atoms with Crippen molar-refractivity contribution in [1.29, 1.82) is 0 Å². The summed E-state index contributed by atoms with van der Waals surface area (Å²) in [5.41, 5.74) is -0.356. The lowest BCUT2D eigenvalue weighted by Gasteiger charge is -2.23. The Balaban J connectivity index is 1.89. The lowest BCUT2D eigenvalue weighted by atomic mass is 9.99. The first kappa shape index (κ1) is 12.8. The molecule has 0 radical (unpaired) electrons. The van der Waals surface area contributed by atoms with Gasteiger partial charge in [0.15, 0.2) is 0 Å². The number of amides is 1. The van der Waals surface area contributed by atoms with Crippen LogP contribution < -0.4 is 5.32 Å². The maximum Gasteiger partial charge on any atom is 0.243 e. The standard InChI is InChI=1S/C13H24N2O2/c1-4-13(3)12(16)15(10(2)14-13)7-5-11-6-8-17-9-11/h10-11,14H,4-9H2,1-3H3. The second kappa shape index (κ2) is 4.94. The van der Waals surface area contributed by atoms with E-state index >= 15 is 0 Å².